The molecule has 2 aromatic rings. The van der Waals surface area contributed by atoms with Crippen molar-refractivity contribution in [3.05, 3.63) is 70.2 Å². The molecule has 0 aliphatic heterocycles. The first-order chi connectivity index (χ1) is 9.11. The van der Waals surface area contributed by atoms with Crippen molar-refractivity contribution in [1.82, 2.24) is 0 Å². The van der Waals surface area contributed by atoms with Crippen LogP contribution in [0.2, 0.25) is 5.02 Å². The van der Waals surface area contributed by atoms with Crippen LogP contribution in [-0.4, -0.2) is 11.2 Å². The maximum Gasteiger partial charge on any atom is 0.0991 e. The Hall–Kier alpha value is -1.82. The second kappa shape index (κ2) is 5.88. The molecule has 2 atom stereocenters. The van der Waals surface area contributed by atoms with Crippen molar-refractivity contribution in [2.75, 3.05) is 0 Å². The lowest BCUT2D eigenvalue weighted by Crippen LogP contribution is -2.16. The summed E-state index contributed by atoms with van der Waals surface area (Å²) in [6.07, 6.45) is -0.519. The Morgan fingerprint density at radius 2 is 1.47 bits per heavy atom. The molecule has 0 heterocycles. The van der Waals surface area contributed by atoms with Gasteiger partial charge in [0, 0.05) is 10.9 Å². The minimum Gasteiger partial charge on any atom is -0.392 e. The first-order valence-electron chi connectivity index (χ1n) is 6.05. The number of nitriles is 1. The fraction of sp³-hybridized carbons (Fsp3) is 0.188. The third kappa shape index (κ3) is 3.14. The van der Waals surface area contributed by atoms with Crippen molar-refractivity contribution in [1.29, 1.82) is 5.26 Å². The molecule has 0 saturated heterocycles. The van der Waals surface area contributed by atoms with Gasteiger partial charge in [0.2, 0.25) is 0 Å². The molecular weight excluding hydrogens is 258 g/mol. The van der Waals surface area contributed by atoms with Crippen LogP contribution in [0.1, 0.15) is 29.5 Å². The van der Waals surface area contributed by atoms with Gasteiger partial charge in [-0.2, -0.15) is 5.26 Å². The van der Waals surface area contributed by atoms with Gasteiger partial charge in [-0.05, 0) is 42.3 Å². The number of aliphatic hydroxyl groups is 1. The molecule has 2 nitrogen and oxygen atoms in total. The molecule has 0 radical (unpaired) electrons. The lowest BCUT2D eigenvalue weighted by molar-refractivity contribution is 0.176. The maximum atomic E-state index is 10.0. The second-order valence-corrected chi connectivity index (χ2v) is 4.94. The van der Waals surface area contributed by atoms with E-state index in [2.05, 4.69) is 6.07 Å². The summed E-state index contributed by atoms with van der Waals surface area (Å²) in [4.78, 5) is 0. The molecule has 0 amide bonds. The molecule has 2 aromatic carbocycles. The molecule has 2 rings (SSSR count). The Bertz CT molecular complexity index is 582. The highest BCUT2D eigenvalue weighted by Crippen LogP contribution is 2.29. The van der Waals surface area contributed by atoms with Gasteiger partial charge < -0.3 is 5.11 Å². The SMILES string of the molecule is CC(O)C(c1ccc(Cl)cc1)c1ccc(C#N)cc1. The van der Waals surface area contributed by atoms with Crippen LogP contribution < -0.4 is 0 Å². The van der Waals surface area contributed by atoms with Crippen molar-refractivity contribution in [3.63, 3.8) is 0 Å². The predicted molar refractivity (Wildman–Crippen MR) is 76.1 cm³/mol. The number of aliphatic hydroxyl groups excluding tert-OH is 1. The van der Waals surface area contributed by atoms with Crippen molar-refractivity contribution < 1.29 is 5.11 Å². The number of hydrogen-bond donors (Lipinski definition) is 1. The fourth-order valence-electron chi connectivity index (χ4n) is 2.18. The molecule has 3 heteroatoms. The molecular formula is C16H14ClNO. The highest BCUT2D eigenvalue weighted by atomic mass is 35.5. The summed E-state index contributed by atoms with van der Waals surface area (Å²) in [5, 5.41) is 19.5. The zero-order valence-electron chi connectivity index (χ0n) is 10.5. The molecule has 1 N–H and O–H groups in total. The molecule has 0 aliphatic rings. The summed E-state index contributed by atoms with van der Waals surface area (Å²) in [5.41, 5.74) is 2.60. The normalized spacial score (nSPS) is 13.6. The van der Waals surface area contributed by atoms with Gasteiger partial charge in [0.15, 0.2) is 0 Å². The van der Waals surface area contributed by atoms with Crippen molar-refractivity contribution in [3.8, 4) is 6.07 Å². The highest BCUT2D eigenvalue weighted by molar-refractivity contribution is 6.30. The van der Waals surface area contributed by atoms with Gasteiger partial charge in [0.25, 0.3) is 0 Å². The monoisotopic (exact) mass is 271 g/mol. The van der Waals surface area contributed by atoms with Crippen LogP contribution in [0.4, 0.5) is 0 Å². The number of benzene rings is 2. The molecule has 96 valence electrons. The predicted octanol–water partition coefficient (Wildman–Crippen LogP) is 3.72. The Kier molecular flexibility index (Phi) is 4.21. The van der Waals surface area contributed by atoms with Crippen LogP contribution in [0.5, 0.6) is 0 Å². The Morgan fingerprint density at radius 1 is 1.00 bits per heavy atom. The lowest BCUT2D eigenvalue weighted by Gasteiger charge is -2.21. The number of nitrogens with zero attached hydrogens (tertiary/aromatic N) is 1. The average molecular weight is 272 g/mol. The van der Waals surface area contributed by atoms with Gasteiger partial charge in [-0.15, -0.1) is 0 Å². The van der Waals surface area contributed by atoms with E-state index in [0.717, 1.165) is 11.1 Å². The minimum absolute atomic E-state index is 0.120. The van der Waals surface area contributed by atoms with Crippen LogP contribution in [-0.2, 0) is 0 Å². The standard InChI is InChI=1S/C16H14ClNO/c1-11(19)16(14-6-8-15(17)9-7-14)13-4-2-12(10-18)3-5-13/h2-9,11,16,19H,1H3. The van der Waals surface area contributed by atoms with Gasteiger partial charge in [0.05, 0.1) is 17.7 Å². The van der Waals surface area contributed by atoms with E-state index in [4.69, 9.17) is 16.9 Å². The lowest BCUT2D eigenvalue weighted by atomic mass is 9.87. The summed E-state index contributed by atoms with van der Waals surface area (Å²) in [7, 11) is 0. The van der Waals surface area contributed by atoms with Gasteiger partial charge >= 0.3 is 0 Å². The van der Waals surface area contributed by atoms with Crippen LogP contribution in [0.25, 0.3) is 0 Å². The molecule has 0 spiro atoms. The van der Waals surface area contributed by atoms with E-state index in [0.29, 0.717) is 10.6 Å². The highest BCUT2D eigenvalue weighted by Gasteiger charge is 2.19. The average Bonchev–Trinajstić information content (AvgIpc) is 2.42. The van der Waals surface area contributed by atoms with Crippen LogP contribution in [0.3, 0.4) is 0 Å². The Morgan fingerprint density at radius 3 is 1.89 bits per heavy atom. The van der Waals surface area contributed by atoms with Crippen LogP contribution in [0.15, 0.2) is 48.5 Å². The smallest absolute Gasteiger partial charge is 0.0991 e. The number of rotatable bonds is 3. The molecule has 19 heavy (non-hydrogen) atoms. The van der Waals surface area contributed by atoms with Crippen LogP contribution >= 0.6 is 11.6 Å². The zero-order valence-corrected chi connectivity index (χ0v) is 11.3. The van der Waals surface area contributed by atoms with Gasteiger partial charge in [-0.25, -0.2) is 0 Å². The summed E-state index contributed by atoms with van der Waals surface area (Å²) in [6, 6.07) is 16.8. The Balaban J connectivity index is 2.39. The molecule has 0 bridgehead atoms. The van der Waals surface area contributed by atoms with Crippen molar-refractivity contribution in [2.45, 2.75) is 18.9 Å². The topological polar surface area (TPSA) is 44.0 Å². The van der Waals surface area contributed by atoms with E-state index in [1.165, 1.54) is 0 Å². The second-order valence-electron chi connectivity index (χ2n) is 4.50. The number of hydrogen-bond acceptors (Lipinski definition) is 2. The quantitative estimate of drug-likeness (QED) is 0.924. The summed E-state index contributed by atoms with van der Waals surface area (Å²) in [5.74, 6) is -0.120. The molecule has 0 saturated carbocycles. The van der Waals surface area contributed by atoms with Crippen LogP contribution in [0, 0.1) is 11.3 Å². The molecule has 0 fully saturated rings. The molecule has 2 unspecified atom stereocenters. The molecule has 0 aromatic heterocycles. The van der Waals surface area contributed by atoms with E-state index in [1.807, 2.05) is 36.4 Å². The van der Waals surface area contributed by atoms with Gasteiger partial charge in [-0.3, -0.25) is 0 Å². The van der Waals surface area contributed by atoms with Crippen molar-refractivity contribution in [2.24, 2.45) is 0 Å². The van der Waals surface area contributed by atoms with Gasteiger partial charge in [0.1, 0.15) is 0 Å². The maximum absolute atomic E-state index is 10.0. The van der Waals surface area contributed by atoms with E-state index < -0.39 is 6.10 Å². The van der Waals surface area contributed by atoms with E-state index in [-0.39, 0.29) is 5.92 Å². The fourth-order valence-corrected chi connectivity index (χ4v) is 2.31. The third-order valence-corrected chi connectivity index (χ3v) is 3.36. The summed E-state index contributed by atoms with van der Waals surface area (Å²) in [6.45, 7) is 1.76. The molecule has 0 aliphatic carbocycles. The Labute approximate surface area is 117 Å². The van der Waals surface area contributed by atoms with E-state index in [1.54, 1.807) is 19.1 Å². The zero-order chi connectivity index (χ0) is 13.8. The minimum atomic E-state index is -0.519. The summed E-state index contributed by atoms with van der Waals surface area (Å²) >= 11 is 5.88. The van der Waals surface area contributed by atoms with Crippen molar-refractivity contribution >= 4 is 11.6 Å². The van der Waals surface area contributed by atoms with Gasteiger partial charge in [-0.1, -0.05) is 35.9 Å². The number of halogens is 1. The summed E-state index contributed by atoms with van der Waals surface area (Å²) < 4.78 is 0. The van der Waals surface area contributed by atoms with E-state index in [9.17, 15) is 5.11 Å². The largest absolute Gasteiger partial charge is 0.392 e. The van der Waals surface area contributed by atoms with E-state index >= 15 is 0 Å². The third-order valence-electron chi connectivity index (χ3n) is 3.11. The first-order valence-corrected chi connectivity index (χ1v) is 6.43. The first kappa shape index (κ1) is 13.6.